The monoisotopic (exact) mass is 303 g/mol. The van der Waals surface area contributed by atoms with Crippen molar-refractivity contribution in [2.75, 3.05) is 13.5 Å². The molecule has 0 bridgehead atoms. The summed E-state index contributed by atoms with van der Waals surface area (Å²) in [6.45, 7) is -1.63. The summed E-state index contributed by atoms with van der Waals surface area (Å²) in [6, 6.07) is 0. The van der Waals surface area contributed by atoms with Crippen LogP contribution in [-0.4, -0.2) is 45.8 Å². The second-order valence-corrected chi connectivity index (χ2v) is 4.87. The first-order chi connectivity index (χ1) is 11.2. The zero-order valence-electron chi connectivity index (χ0n) is 15.6. The molecule has 0 unspecified atom stereocenters. The van der Waals surface area contributed by atoms with Gasteiger partial charge in [0.2, 0.25) is 0 Å². The van der Waals surface area contributed by atoms with E-state index >= 15 is 0 Å². The minimum absolute atomic E-state index is 0.332. The Labute approximate surface area is 131 Å². The second kappa shape index (κ2) is 12.2. The molecule has 0 aromatic heterocycles. The van der Waals surface area contributed by atoms with Crippen LogP contribution in [0.2, 0.25) is 0 Å². The summed E-state index contributed by atoms with van der Waals surface area (Å²) in [7, 11) is 0. The lowest BCUT2D eigenvalue weighted by atomic mass is 10.1. The van der Waals surface area contributed by atoms with Gasteiger partial charge in [-0.15, -0.1) is 0 Å². The maximum absolute atomic E-state index is 11.2. The van der Waals surface area contributed by atoms with Crippen LogP contribution < -0.4 is 0 Å². The number of rotatable bonds is 12. The van der Waals surface area contributed by atoms with Gasteiger partial charge in [-0.3, -0.25) is 4.79 Å². The number of hydrogen-bond acceptors (Lipinski definition) is 3. The lowest BCUT2D eigenvalue weighted by Gasteiger charge is -2.24. The van der Waals surface area contributed by atoms with E-state index < -0.39 is 25.6 Å². The molecule has 0 aliphatic heterocycles. The summed E-state index contributed by atoms with van der Waals surface area (Å²) >= 11 is 0. The Morgan fingerprint density at radius 2 is 1.71 bits per heavy atom. The van der Waals surface area contributed by atoms with Gasteiger partial charge in [-0.05, 0) is 12.8 Å². The fourth-order valence-corrected chi connectivity index (χ4v) is 1.85. The van der Waals surface area contributed by atoms with Gasteiger partial charge in [0.15, 0.2) is 0 Å². The Hall–Kier alpha value is -1.56. The summed E-state index contributed by atoms with van der Waals surface area (Å²) in [5, 5.41) is 18.7. The van der Waals surface area contributed by atoms with Crippen molar-refractivity contribution < 1.29 is 23.9 Å². The molecule has 0 heterocycles. The molecule has 0 radical (unpaired) electrons. The van der Waals surface area contributed by atoms with Crippen LogP contribution in [-0.2, 0) is 4.79 Å². The molecular weight excluding hydrogens is 272 g/mol. The zero-order valence-corrected chi connectivity index (χ0v) is 12.6. The molecular formula is C15H28N2O4. The Balaban J connectivity index is 4.45. The van der Waals surface area contributed by atoms with Crippen molar-refractivity contribution in [1.82, 2.24) is 10.0 Å². The van der Waals surface area contributed by atoms with Crippen LogP contribution in [0.15, 0.2) is 12.3 Å². The lowest BCUT2D eigenvalue weighted by Crippen LogP contribution is -2.42. The van der Waals surface area contributed by atoms with Crippen LogP contribution >= 0.6 is 0 Å². The molecule has 1 amide bonds. The molecule has 122 valence electrons. The number of hydrazine groups is 1. The largest absolute Gasteiger partial charge is 0.480 e. The van der Waals surface area contributed by atoms with E-state index in [9.17, 15) is 9.59 Å². The number of unbranched alkanes of at least 4 members (excludes halogenated alkanes) is 7. The maximum atomic E-state index is 11.2. The maximum Gasteiger partial charge on any atom is 0.426 e. The Morgan fingerprint density at radius 3 is 2.24 bits per heavy atom. The predicted octanol–water partition coefficient (Wildman–Crippen LogP) is 3.55. The van der Waals surface area contributed by atoms with Crippen molar-refractivity contribution in [3.63, 3.8) is 0 Å². The number of nitrogens with zero attached hydrogens (tertiary/aromatic N) is 2. The van der Waals surface area contributed by atoms with E-state index in [1.165, 1.54) is 25.7 Å². The minimum Gasteiger partial charge on any atom is -0.480 e. The first-order valence-electron chi connectivity index (χ1n) is 8.88. The number of aliphatic carboxylic acids is 1. The molecule has 0 aromatic rings. The van der Waals surface area contributed by atoms with Crippen molar-refractivity contribution in [3.05, 3.63) is 12.3 Å². The van der Waals surface area contributed by atoms with E-state index in [1.807, 2.05) is 0 Å². The van der Waals surface area contributed by atoms with E-state index in [0.29, 0.717) is 16.4 Å². The number of carbonyl (C=O) groups is 2. The molecule has 0 aromatic carbocycles. The Bertz CT molecular complexity index is 414. The summed E-state index contributed by atoms with van der Waals surface area (Å²) < 4.78 is 21.9. The molecule has 6 heteroatoms. The van der Waals surface area contributed by atoms with Gasteiger partial charge in [0.25, 0.3) is 0 Å². The van der Waals surface area contributed by atoms with Gasteiger partial charge in [-0.1, -0.05) is 51.5 Å². The molecule has 6 nitrogen and oxygen atoms in total. The Morgan fingerprint density at radius 1 is 1.10 bits per heavy atom. The molecule has 0 spiro atoms. The molecule has 0 aliphatic carbocycles. The van der Waals surface area contributed by atoms with Gasteiger partial charge < -0.3 is 10.2 Å². The van der Waals surface area contributed by atoms with E-state index in [-0.39, 0.29) is 0 Å². The third-order valence-electron chi connectivity index (χ3n) is 2.96. The highest BCUT2D eigenvalue weighted by molar-refractivity contribution is 5.70. The van der Waals surface area contributed by atoms with Gasteiger partial charge in [-0.2, -0.15) is 0 Å². The van der Waals surface area contributed by atoms with Gasteiger partial charge in [0.05, 0.1) is 0 Å². The molecule has 21 heavy (non-hydrogen) atoms. The van der Waals surface area contributed by atoms with Gasteiger partial charge in [0.1, 0.15) is 6.54 Å². The van der Waals surface area contributed by atoms with E-state index in [4.69, 9.17) is 14.3 Å². The molecule has 0 saturated carbocycles. The van der Waals surface area contributed by atoms with Crippen LogP contribution in [0.1, 0.15) is 62.4 Å². The number of carboxylic acids is 1. The van der Waals surface area contributed by atoms with Crippen LogP contribution in [0.4, 0.5) is 4.79 Å². The highest BCUT2D eigenvalue weighted by Gasteiger charge is 2.16. The first-order valence-corrected chi connectivity index (χ1v) is 7.38. The quantitative estimate of drug-likeness (QED) is 0.425. The van der Waals surface area contributed by atoms with E-state index in [0.717, 1.165) is 25.5 Å². The standard InChI is InChI=1S/C15H28N2O4/c1-3-4-5-6-7-8-9-10-11-12-17(15(20)21)16(2)13-14(18)19/h11-12H,3-10,13H2,1-2H3,(H,18,19)(H,20,21)/i2D3. The topological polar surface area (TPSA) is 81.1 Å². The van der Waals surface area contributed by atoms with Crippen molar-refractivity contribution >= 4 is 12.1 Å². The summed E-state index contributed by atoms with van der Waals surface area (Å²) in [6.07, 6.45) is 9.61. The minimum atomic E-state index is -2.86. The molecule has 0 saturated heterocycles. The number of allylic oxidation sites excluding steroid dienone is 1. The van der Waals surface area contributed by atoms with Gasteiger partial charge in [0, 0.05) is 17.3 Å². The smallest absolute Gasteiger partial charge is 0.426 e. The average Bonchev–Trinajstić information content (AvgIpc) is 2.46. The zero-order chi connectivity index (χ0) is 18.6. The number of amides is 1. The fraction of sp³-hybridized carbons (Fsp3) is 0.733. The number of hydrogen-bond donors (Lipinski definition) is 2. The predicted molar refractivity (Wildman–Crippen MR) is 81.9 cm³/mol. The second-order valence-electron chi connectivity index (χ2n) is 4.87. The molecule has 2 N–H and O–H groups in total. The molecule has 0 atom stereocenters. The van der Waals surface area contributed by atoms with Gasteiger partial charge in [-0.25, -0.2) is 14.8 Å². The van der Waals surface area contributed by atoms with Crippen LogP contribution in [0.3, 0.4) is 0 Å². The third kappa shape index (κ3) is 10.8. The fourth-order valence-electron chi connectivity index (χ4n) is 1.85. The summed E-state index contributed by atoms with van der Waals surface area (Å²) in [5.41, 5.74) is 0. The third-order valence-corrected chi connectivity index (χ3v) is 2.96. The summed E-state index contributed by atoms with van der Waals surface area (Å²) in [4.78, 5) is 22.0. The van der Waals surface area contributed by atoms with Crippen LogP contribution in [0.5, 0.6) is 0 Å². The molecule has 0 rings (SSSR count). The number of carboxylic acid groups (broad SMARTS) is 2. The highest BCUT2D eigenvalue weighted by atomic mass is 16.4. The molecule has 0 aliphatic rings. The van der Waals surface area contributed by atoms with Crippen LogP contribution in [0.25, 0.3) is 0 Å². The Kier molecular flexibility index (Phi) is 8.36. The summed E-state index contributed by atoms with van der Waals surface area (Å²) in [5.74, 6) is -1.42. The van der Waals surface area contributed by atoms with Gasteiger partial charge >= 0.3 is 12.1 Å². The van der Waals surface area contributed by atoms with E-state index in [2.05, 4.69) is 6.92 Å². The van der Waals surface area contributed by atoms with Crippen molar-refractivity contribution in [2.45, 2.75) is 58.3 Å². The van der Waals surface area contributed by atoms with Crippen molar-refractivity contribution in [2.24, 2.45) is 0 Å². The normalized spacial score (nSPS) is 13.9. The SMILES string of the molecule is [2H]C([2H])([2H])N(CC(=O)O)N(C=CCCCCCCCCC)C(=O)O. The first kappa shape index (κ1) is 14.4. The lowest BCUT2D eigenvalue weighted by molar-refractivity contribution is -0.140. The van der Waals surface area contributed by atoms with Crippen molar-refractivity contribution in [1.29, 1.82) is 0 Å². The van der Waals surface area contributed by atoms with Crippen molar-refractivity contribution in [3.8, 4) is 0 Å². The van der Waals surface area contributed by atoms with E-state index in [1.54, 1.807) is 6.08 Å². The average molecular weight is 303 g/mol. The van der Waals surface area contributed by atoms with Crippen LogP contribution in [0, 0.1) is 0 Å². The molecule has 0 fully saturated rings. The number of likely N-dealkylation sites (N-methyl/N-ethyl adjacent to an activating group) is 1. The highest BCUT2D eigenvalue weighted by Crippen LogP contribution is 2.09.